The zero-order valence-electron chi connectivity index (χ0n) is 56.0. The third-order valence-corrected chi connectivity index (χ3v) is 23.7. The predicted molar refractivity (Wildman–Crippen MR) is 343 cm³/mol. The van der Waals surface area contributed by atoms with Crippen LogP contribution in [0.4, 0.5) is 38.4 Å². The molecule has 0 atom stereocenters. The van der Waals surface area contributed by atoms with E-state index in [-0.39, 0.29) is 104 Å². The number of aliphatic carboxylic acids is 4. The Morgan fingerprint density at radius 2 is 0.520 bits per heavy atom. The molecule has 13 heterocycles. The normalized spacial score (nSPS) is 28.2. The average Bonchev–Trinajstić information content (AvgIpc) is 1.49. The van der Waals surface area contributed by atoms with Crippen molar-refractivity contribution in [2.75, 3.05) is 66.4 Å². The van der Waals surface area contributed by atoms with Crippen LogP contribution in [-0.2, 0) is 45.4 Å². The maximum atomic E-state index is 15.9. The molecule has 36 nitrogen and oxygen atoms in total. The first-order chi connectivity index (χ1) is 48.8. The molecule has 4 N–H and O–H groups in total. The van der Waals surface area contributed by atoms with E-state index in [0.29, 0.717) is 66.8 Å². The van der Waals surface area contributed by atoms with Crippen LogP contribution < -0.4 is 18.9 Å². The Morgan fingerprint density at radius 1 is 0.324 bits per heavy atom. The smallest absolute Gasteiger partial charge is 0.326 e. The van der Waals surface area contributed by atoms with Crippen LogP contribution in [0, 0.1) is 0 Å². The predicted octanol–water partition coefficient (Wildman–Crippen LogP) is 4.55. The standard InChI is InChI=1S/C66H72N16O20/c1-63-65(3)79-31-71-53-51-67(55(71)91)29-69-52-54-73(57(69)93)33-81-61(97)77-27-41-42(50(102-24-12-20-46(89)90)38-16-8-7-15-37(38)49(41)101-23-11-19-45(87)88)28-78-62(98)82(66(81,4)64(77,78)2)34-74(54)58(94)70(52)30-68(51)56(92)72(53)32-80(65)60(96)76(63)26-40-39(25-75(63)59(79)95)47(99-21-9-17-43(83)84)35-13-5-6-14-36(35)48(40)100-22-10-18-44(85)86/h5-8,13-16,51-54H,9-12,17-34H2,1-4H3,(H,83,84)(H,85,86)(H,87,88)(H,89,90). The summed E-state index contributed by atoms with van der Waals surface area (Å²) in [6.07, 6.45) is -5.32. The Kier molecular flexibility index (Phi) is 13.9. The minimum atomic E-state index is -1.68. The van der Waals surface area contributed by atoms with Crippen molar-refractivity contribution in [2.24, 2.45) is 0 Å². The first-order valence-corrected chi connectivity index (χ1v) is 34.0. The van der Waals surface area contributed by atoms with Crippen LogP contribution >= 0.6 is 0 Å². The van der Waals surface area contributed by atoms with Crippen LogP contribution in [0.3, 0.4) is 0 Å². The summed E-state index contributed by atoms with van der Waals surface area (Å²) in [6, 6.07) is 8.96. The van der Waals surface area contributed by atoms with E-state index in [4.69, 9.17) is 18.9 Å². The van der Waals surface area contributed by atoms with Gasteiger partial charge in [-0.15, -0.1) is 0 Å². The fourth-order valence-electron chi connectivity index (χ4n) is 18.5. The van der Waals surface area contributed by atoms with Crippen molar-refractivity contribution in [1.29, 1.82) is 0 Å². The van der Waals surface area contributed by atoms with E-state index in [1.54, 1.807) is 76.2 Å². The number of hydrogen-bond donors (Lipinski definition) is 4. The Labute approximate surface area is 579 Å². The lowest BCUT2D eigenvalue weighted by Gasteiger charge is -2.49. The molecule has 4 aromatic carbocycles. The van der Waals surface area contributed by atoms with Crippen LogP contribution in [0.2, 0.25) is 0 Å². The number of urea groups is 8. The third-order valence-electron chi connectivity index (χ3n) is 23.7. The number of carboxylic acid groups (broad SMARTS) is 4. The summed E-state index contributed by atoms with van der Waals surface area (Å²) in [7, 11) is 0. The first kappa shape index (κ1) is 64.0. The summed E-state index contributed by atoms with van der Waals surface area (Å²) in [4.78, 5) is 196. The highest BCUT2D eigenvalue weighted by Crippen LogP contribution is 2.61. The van der Waals surface area contributed by atoms with Crippen molar-refractivity contribution in [1.82, 2.24) is 78.4 Å². The van der Waals surface area contributed by atoms with Crippen LogP contribution in [0.15, 0.2) is 48.5 Å². The molecule has 0 saturated carbocycles. The Bertz CT molecular complexity index is 3970. The number of hydrogen-bond acceptors (Lipinski definition) is 16. The van der Waals surface area contributed by atoms with E-state index >= 15 is 38.4 Å². The van der Waals surface area contributed by atoms with Crippen LogP contribution in [0.5, 0.6) is 23.0 Å². The largest absolute Gasteiger partial charge is 0.493 e. The number of benzene rings is 4. The van der Waals surface area contributed by atoms with E-state index in [9.17, 15) is 39.6 Å². The quantitative estimate of drug-likeness (QED) is 0.0882. The fraction of sp³-hybridized carbons (Fsp3) is 0.515. The number of ether oxygens (including phenoxy) is 4. The minimum Gasteiger partial charge on any atom is -0.493 e. The van der Waals surface area contributed by atoms with Gasteiger partial charge in [0.15, 0.2) is 47.3 Å². The van der Waals surface area contributed by atoms with Crippen molar-refractivity contribution in [3.05, 3.63) is 70.8 Å². The molecule has 36 heteroatoms. The van der Waals surface area contributed by atoms with Gasteiger partial charge in [0, 0.05) is 69.5 Å². The number of rotatable bonds is 20. The van der Waals surface area contributed by atoms with E-state index < -0.39 is 159 Å². The zero-order valence-corrected chi connectivity index (χ0v) is 56.0. The summed E-state index contributed by atoms with van der Waals surface area (Å²) >= 11 is 0. The van der Waals surface area contributed by atoms with Gasteiger partial charge in [-0.1, -0.05) is 48.5 Å². The molecule has 0 unspecified atom stereocenters. The lowest BCUT2D eigenvalue weighted by Crippen LogP contribution is -2.69. The van der Waals surface area contributed by atoms with E-state index in [1.807, 2.05) is 0 Å². The number of amides is 16. The monoisotopic (exact) mass is 1410 g/mol. The van der Waals surface area contributed by atoms with Crippen molar-refractivity contribution in [2.45, 2.75) is 153 Å². The lowest BCUT2D eigenvalue weighted by molar-refractivity contribution is -0.138. The molecule has 13 aliphatic heterocycles. The molecule has 11 fully saturated rings. The maximum absolute atomic E-state index is 15.9. The number of carbonyl (C=O) groups is 12. The minimum absolute atomic E-state index is 0.0439. The topological polar surface area (TPSA) is 375 Å². The van der Waals surface area contributed by atoms with Gasteiger partial charge in [-0.25, -0.2) is 38.4 Å². The molecule has 0 aromatic heterocycles. The molecule has 13 aliphatic rings. The second-order valence-corrected chi connectivity index (χ2v) is 28.4. The van der Waals surface area contributed by atoms with Gasteiger partial charge < -0.3 is 39.4 Å². The highest BCUT2D eigenvalue weighted by molar-refractivity contribution is 6.00. The van der Waals surface area contributed by atoms with Crippen LogP contribution in [0.1, 0.15) is 101 Å². The second kappa shape index (κ2) is 22.1. The SMILES string of the molecule is CC12N3Cc4c(c(OCCCC(=O)O)c5ccccc5c4OCCCC(=O)O)CN1C(=O)N1CN4C(=O)N5CN6C(=O)N7CN8C(=O)N9Cc%10c(c(OCCCC(=O)O)c%11ccccc%11c%10OCCCC(=O)O)CN%10C(=O)N(CN%11C(=O)N(CN%12C(=O)N(CN(C3=O)C12C)C4C%125)C6C%117)C8(C)C%109C. The summed E-state index contributed by atoms with van der Waals surface area (Å²) in [6.45, 7) is 2.77. The first-order valence-electron chi connectivity index (χ1n) is 34.0. The van der Waals surface area contributed by atoms with Crippen molar-refractivity contribution in [3.8, 4) is 23.0 Å². The van der Waals surface area contributed by atoms with Gasteiger partial charge in [-0.3, -0.25) is 97.6 Å². The number of carbonyl (C=O) groups excluding carboxylic acids is 8. The van der Waals surface area contributed by atoms with E-state index in [2.05, 4.69) is 0 Å². The van der Waals surface area contributed by atoms with Gasteiger partial charge in [0.2, 0.25) is 0 Å². The highest BCUT2D eigenvalue weighted by Gasteiger charge is 2.80. The summed E-state index contributed by atoms with van der Waals surface area (Å²) in [5.74, 6) is -2.88. The molecule has 0 spiro atoms. The van der Waals surface area contributed by atoms with Gasteiger partial charge in [0.1, 0.15) is 63.0 Å². The number of nitrogens with zero attached hydrogens (tertiary/aromatic N) is 16. The Balaban J connectivity index is 0.713. The second-order valence-electron chi connectivity index (χ2n) is 28.4. The molecular weight excluding hydrogens is 1340 g/mol. The van der Waals surface area contributed by atoms with E-state index in [0.717, 1.165) is 0 Å². The Hall–Kier alpha value is -11.4. The summed E-state index contributed by atoms with van der Waals surface area (Å²) in [5.41, 5.74) is -4.80. The zero-order chi connectivity index (χ0) is 71.4. The molecular formula is C66H72N16O20. The van der Waals surface area contributed by atoms with Gasteiger partial charge >= 0.3 is 72.1 Å². The van der Waals surface area contributed by atoms with Crippen LogP contribution in [0.25, 0.3) is 21.5 Å². The van der Waals surface area contributed by atoms with Crippen LogP contribution in [-0.4, -0.2) is 285 Å². The van der Waals surface area contributed by atoms with Crippen molar-refractivity contribution in [3.63, 3.8) is 0 Å². The van der Waals surface area contributed by atoms with Gasteiger partial charge in [-0.05, 0) is 53.4 Å². The van der Waals surface area contributed by atoms with Gasteiger partial charge in [0.05, 0.1) is 52.6 Å². The maximum Gasteiger partial charge on any atom is 0.326 e. The molecule has 536 valence electrons. The summed E-state index contributed by atoms with van der Waals surface area (Å²) in [5, 5.41) is 40.4. The average molecular weight is 1410 g/mol. The van der Waals surface area contributed by atoms with E-state index in [1.165, 1.54) is 78.4 Å². The highest BCUT2D eigenvalue weighted by atomic mass is 16.5. The Morgan fingerprint density at radius 3 is 0.725 bits per heavy atom. The third kappa shape index (κ3) is 8.17. The molecule has 0 bridgehead atoms. The lowest BCUT2D eigenvalue weighted by atomic mass is 9.95. The molecule has 17 rings (SSSR count). The molecule has 4 aromatic rings. The van der Waals surface area contributed by atoms with Crippen molar-refractivity contribution < 1.29 is 96.9 Å². The molecule has 11 saturated heterocycles. The molecule has 0 radical (unpaired) electrons. The molecule has 0 aliphatic carbocycles. The van der Waals surface area contributed by atoms with Gasteiger partial charge in [0.25, 0.3) is 0 Å². The molecule has 16 amide bonds. The number of fused-ring (bicyclic) bond motifs is 4. The fourth-order valence-corrected chi connectivity index (χ4v) is 18.5. The molecule has 102 heavy (non-hydrogen) atoms. The van der Waals surface area contributed by atoms with Crippen molar-refractivity contribution >= 4 is 93.7 Å². The summed E-state index contributed by atoms with van der Waals surface area (Å²) < 4.78 is 26.1. The number of carboxylic acids is 4. The van der Waals surface area contributed by atoms with Gasteiger partial charge in [-0.2, -0.15) is 0 Å².